The van der Waals surface area contributed by atoms with Gasteiger partial charge >= 0.3 is 6.09 Å². The van der Waals surface area contributed by atoms with Gasteiger partial charge in [-0.25, -0.2) is 4.79 Å². The second-order valence-corrected chi connectivity index (χ2v) is 12.2. The van der Waals surface area contributed by atoms with Gasteiger partial charge in [0.05, 0.1) is 0 Å². The number of nitrogens with zero attached hydrogens (tertiary/aromatic N) is 1. The number of hydrogen-bond acceptors (Lipinski definition) is 5. The molecule has 8 nitrogen and oxygen atoms in total. The molecule has 0 aromatic heterocycles. The fourth-order valence-electron chi connectivity index (χ4n) is 5.33. The third kappa shape index (κ3) is 9.23. The minimum absolute atomic E-state index is 0.0735. The Morgan fingerprint density at radius 1 is 1.02 bits per heavy atom. The Morgan fingerprint density at radius 2 is 1.66 bits per heavy atom. The van der Waals surface area contributed by atoms with E-state index < -0.39 is 23.8 Å². The topological polar surface area (TPSA) is 108 Å². The molecular formula is C33H47N3O5. The van der Waals surface area contributed by atoms with Crippen molar-refractivity contribution in [3.05, 3.63) is 65.2 Å². The third-order valence-corrected chi connectivity index (χ3v) is 7.65. The van der Waals surface area contributed by atoms with Crippen LogP contribution in [0.15, 0.2) is 48.5 Å². The summed E-state index contributed by atoms with van der Waals surface area (Å²) in [5, 5.41) is 15.8. The first kappa shape index (κ1) is 32.0. The van der Waals surface area contributed by atoms with E-state index in [1.807, 2.05) is 45.0 Å². The molecule has 3 atom stereocenters. The van der Waals surface area contributed by atoms with Gasteiger partial charge in [-0.3, -0.25) is 9.59 Å². The molecule has 2 aromatic carbocycles. The zero-order valence-electron chi connectivity index (χ0n) is 25.4. The SMILES string of the molecule is CCC(C)N(C(=O)C(Cc1ccc(O)cc1)NC(=O)OC(C)(C)C)C(C(=O)NC1CCCCC1)c1ccccc1C. The van der Waals surface area contributed by atoms with Gasteiger partial charge in [0, 0.05) is 18.5 Å². The van der Waals surface area contributed by atoms with Crippen molar-refractivity contribution in [2.45, 2.75) is 116 Å². The summed E-state index contributed by atoms with van der Waals surface area (Å²) in [6, 6.07) is 12.1. The first-order valence-corrected chi connectivity index (χ1v) is 14.8. The lowest BCUT2D eigenvalue weighted by Crippen LogP contribution is -2.56. The van der Waals surface area contributed by atoms with Gasteiger partial charge < -0.3 is 25.4 Å². The van der Waals surface area contributed by atoms with Gasteiger partial charge in [-0.1, -0.05) is 62.6 Å². The normalized spacial score (nSPS) is 16.2. The van der Waals surface area contributed by atoms with Crippen molar-refractivity contribution in [3.63, 3.8) is 0 Å². The number of carbonyl (C=O) groups excluding carboxylic acids is 3. The number of carbonyl (C=O) groups is 3. The molecule has 0 spiro atoms. The molecule has 3 rings (SSSR count). The number of phenols is 1. The second-order valence-electron chi connectivity index (χ2n) is 12.2. The second kappa shape index (κ2) is 14.4. The number of amides is 3. The zero-order chi connectivity index (χ0) is 30.2. The van der Waals surface area contributed by atoms with Crippen LogP contribution < -0.4 is 10.6 Å². The van der Waals surface area contributed by atoms with Crippen LogP contribution >= 0.6 is 0 Å². The Hall–Kier alpha value is -3.55. The lowest BCUT2D eigenvalue weighted by molar-refractivity contribution is -0.145. The molecule has 0 heterocycles. The highest BCUT2D eigenvalue weighted by Gasteiger charge is 2.39. The van der Waals surface area contributed by atoms with Crippen molar-refractivity contribution in [1.82, 2.24) is 15.5 Å². The molecule has 0 aliphatic heterocycles. The zero-order valence-corrected chi connectivity index (χ0v) is 25.4. The van der Waals surface area contributed by atoms with Crippen LogP contribution in [0.3, 0.4) is 0 Å². The van der Waals surface area contributed by atoms with Crippen LogP contribution in [0.2, 0.25) is 0 Å². The molecule has 1 aliphatic carbocycles. The summed E-state index contributed by atoms with van der Waals surface area (Å²) >= 11 is 0. The first-order chi connectivity index (χ1) is 19.4. The lowest BCUT2D eigenvalue weighted by Gasteiger charge is -2.39. The molecule has 2 aromatic rings. The molecule has 41 heavy (non-hydrogen) atoms. The summed E-state index contributed by atoms with van der Waals surface area (Å²) in [6.07, 6.45) is 5.23. The van der Waals surface area contributed by atoms with E-state index in [1.165, 1.54) is 6.42 Å². The predicted octanol–water partition coefficient (Wildman–Crippen LogP) is 5.95. The number of rotatable bonds is 10. The molecule has 1 saturated carbocycles. The van der Waals surface area contributed by atoms with Gasteiger partial charge in [-0.2, -0.15) is 0 Å². The van der Waals surface area contributed by atoms with Crippen LogP contribution in [0.25, 0.3) is 0 Å². The van der Waals surface area contributed by atoms with Crippen LogP contribution in [0.4, 0.5) is 4.79 Å². The van der Waals surface area contributed by atoms with E-state index in [1.54, 1.807) is 49.9 Å². The molecule has 1 fully saturated rings. The average molecular weight is 566 g/mol. The van der Waals surface area contributed by atoms with Crippen LogP contribution in [0.5, 0.6) is 5.75 Å². The van der Waals surface area contributed by atoms with Gasteiger partial charge in [0.15, 0.2) is 0 Å². The van der Waals surface area contributed by atoms with Crippen molar-refractivity contribution in [2.75, 3.05) is 0 Å². The number of alkyl carbamates (subject to hydrolysis) is 1. The first-order valence-electron chi connectivity index (χ1n) is 14.8. The van der Waals surface area contributed by atoms with E-state index in [4.69, 9.17) is 4.74 Å². The molecule has 0 bridgehead atoms. The summed E-state index contributed by atoms with van der Waals surface area (Å²) in [4.78, 5) is 43.3. The number of nitrogens with one attached hydrogen (secondary N) is 2. The van der Waals surface area contributed by atoms with Crippen LogP contribution in [-0.4, -0.2) is 51.6 Å². The molecular weight excluding hydrogens is 518 g/mol. The number of ether oxygens (including phenoxy) is 1. The van der Waals surface area contributed by atoms with Crippen molar-refractivity contribution >= 4 is 17.9 Å². The highest BCUT2D eigenvalue weighted by molar-refractivity contribution is 5.93. The van der Waals surface area contributed by atoms with E-state index in [9.17, 15) is 19.5 Å². The highest BCUT2D eigenvalue weighted by atomic mass is 16.6. The Balaban J connectivity index is 2.04. The summed E-state index contributed by atoms with van der Waals surface area (Å²) in [5.74, 6) is -0.470. The summed E-state index contributed by atoms with van der Waals surface area (Å²) in [5.41, 5.74) is 1.67. The number of aromatic hydroxyl groups is 1. The monoisotopic (exact) mass is 565 g/mol. The van der Waals surface area contributed by atoms with Crippen LogP contribution in [0, 0.1) is 6.92 Å². The van der Waals surface area contributed by atoms with Gasteiger partial charge in [0.1, 0.15) is 23.4 Å². The maximum absolute atomic E-state index is 14.6. The van der Waals surface area contributed by atoms with E-state index in [-0.39, 0.29) is 36.1 Å². The quantitative estimate of drug-likeness (QED) is 0.330. The van der Waals surface area contributed by atoms with E-state index in [0.29, 0.717) is 6.42 Å². The molecule has 3 N–H and O–H groups in total. The fraction of sp³-hybridized carbons (Fsp3) is 0.545. The standard InChI is InChI=1S/C33H47N3O5/c1-7-23(3)36(29(27-16-12-11-13-22(27)2)30(38)34-25-14-9-8-10-15-25)31(39)28(35-32(40)41-33(4,5)6)21-24-17-19-26(37)20-18-24/h11-13,16-20,23,25,28-29,37H,7-10,14-15,21H2,1-6H3,(H,34,38)(H,35,40). The van der Waals surface area contributed by atoms with E-state index >= 15 is 0 Å². The summed E-state index contributed by atoms with van der Waals surface area (Å²) in [7, 11) is 0. The van der Waals surface area contributed by atoms with Gasteiger partial charge in [-0.05, 0) is 82.7 Å². The molecule has 1 aliphatic rings. The largest absolute Gasteiger partial charge is 0.508 e. The minimum atomic E-state index is -1.00. The molecule has 224 valence electrons. The molecule has 3 unspecified atom stereocenters. The third-order valence-electron chi connectivity index (χ3n) is 7.65. The van der Waals surface area contributed by atoms with Crippen molar-refractivity contribution < 1.29 is 24.2 Å². The summed E-state index contributed by atoms with van der Waals surface area (Å²) in [6.45, 7) is 11.1. The Labute approximate surface area is 244 Å². The minimum Gasteiger partial charge on any atom is -0.508 e. The van der Waals surface area contributed by atoms with Gasteiger partial charge in [-0.15, -0.1) is 0 Å². The average Bonchev–Trinajstić information content (AvgIpc) is 2.92. The maximum Gasteiger partial charge on any atom is 0.408 e. The van der Waals surface area contributed by atoms with Crippen LogP contribution in [0.1, 0.15) is 95.9 Å². The molecule has 8 heteroatoms. The smallest absolute Gasteiger partial charge is 0.408 e. The number of hydrogen-bond donors (Lipinski definition) is 3. The summed E-state index contributed by atoms with van der Waals surface area (Å²) < 4.78 is 5.51. The molecule has 3 amide bonds. The van der Waals surface area contributed by atoms with Crippen molar-refractivity contribution in [1.29, 1.82) is 0 Å². The molecule has 0 saturated heterocycles. The predicted molar refractivity (Wildman–Crippen MR) is 161 cm³/mol. The van der Waals surface area contributed by atoms with E-state index in [0.717, 1.165) is 42.4 Å². The van der Waals surface area contributed by atoms with Crippen LogP contribution in [-0.2, 0) is 20.7 Å². The fourth-order valence-corrected chi connectivity index (χ4v) is 5.33. The Bertz CT molecular complexity index is 1170. The van der Waals surface area contributed by atoms with Gasteiger partial charge in [0.25, 0.3) is 0 Å². The van der Waals surface area contributed by atoms with Gasteiger partial charge in [0.2, 0.25) is 11.8 Å². The number of aryl methyl sites for hydroxylation is 1. The lowest BCUT2D eigenvalue weighted by atomic mass is 9.92. The van der Waals surface area contributed by atoms with Crippen molar-refractivity contribution in [2.24, 2.45) is 0 Å². The molecule has 0 radical (unpaired) electrons. The highest BCUT2D eigenvalue weighted by Crippen LogP contribution is 2.30. The maximum atomic E-state index is 14.6. The Kier molecular flexibility index (Phi) is 11.2. The Morgan fingerprint density at radius 3 is 2.24 bits per heavy atom. The van der Waals surface area contributed by atoms with E-state index in [2.05, 4.69) is 10.6 Å². The number of phenolic OH excluding ortho intramolecular Hbond substituents is 1. The number of benzene rings is 2. The van der Waals surface area contributed by atoms with Crippen molar-refractivity contribution in [3.8, 4) is 5.75 Å².